The number of nitro benzene ring substituents is 1. The number of non-ortho nitro benzene ring substituents is 1. The van der Waals surface area contributed by atoms with Crippen molar-refractivity contribution in [1.29, 1.82) is 0 Å². The molecule has 8 nitrogen and oxygen atoms in total. The quantitative estimate of drug-likeness (QED) is 0.380. The third-order valence-corrected chi connectivity index (χ3v) is 3.65. The molecular formula is C18H20N4O4. The maximum absolute atomic E-state index is 12.0. The highest BCUT2D eigenvalue weighted by Gasteiger charge is 2.09. The van der Waals surface area contributed by atoms with Crippen molar-refractivity contribution in [2.24, 2.45) is 0 Å². The van der Waals surface area contributed by atoms with Crippen LogP contribution in [0.3, 0.4) is 0 Å². The molecule has 0 spiro atoms. The predicted octanol–water partition coefficient (Wildman–Crippen LogP) is 1.86. The van der Waals surface area contributed by atoms with E-state index in [4.69, 9.17) is 0 Å². The Morgan fingerprint density at radius 2 is 1.69 bits per heavy atom. The summed E-state index contributed by atoms with van der Waals surface area (Å²) in [5, 5.41) is 18.9. The highest BCUT2D eigenvalue weighted by atomic mass is 16.6. The van der Waals surface area contributed by atoms with E-state index in [2.05, 4.69) is 16.0 Å². The Bertz CT molecular complexity index is 790. The fraction of sp³-hybridized carbons (Fsp3) is 0.222. The summed E-state index contributed by atoms with van der Waals surface area (Å²) in [5.74, 6) is -0.584. The van der Waals surface area contributed by atoms with E-state index in [1.807, 2.05) is 19.1 Å². The van der Waals surface area contributed by atoms with Crippen molar-refractivity contribution in [3.05, 3.63) is 69.8 Å². The van der Waals surface area contributed by atoms with Crippen molar-refractivity contribution < 1.29 is 14.5 Å². The molecule has 0 aliphatic heterocycles. The SMILES string of the molecule is Cc1ccccc1C(=O)NCC(=O)NCCNc1ccc([N+](=O)[O-])cc1. The van der Waals surface area contributed by atoms with Gasteiger partial charge in [0, 0.05) is 36.5 Å². The fourth-order valence-electron chi connectivity index (χ4n) is 2.26. The fourth-order valence-corrected chi connectivity index (χ4v) is 2.26. The number of nitrogens with one attached hydrogen (secondary N) is 3. The van der Waals surface area contributed by atoms with Crippen molar-refractivity contribution in [3.63, 3.8) is 0 Å². The van der Waals surface area contributed by atoms with Crippen LogP contribution in [0.15, 0.2) is 48.5 Å². The molecule has 0 saturated heterocycles. The van der Waals surface area contributed by atoms with Crippen LogP contribution in [0, 0.1) is 17.0 Å². The van der Waals surface area contributed by atoms with Gasteiger partial charge in [-0.05, 0) is 30.7 Å². The van der Waals surface area contributed by atoms with Crippen molar-refractivity contribution in [1.82, 2.24) is 10.6 Å². The molecule has 0 aliphatic rings. The van der Waals surface area contributed by atoms with E-state index < -0.39 is 4.92 Å². The molecule has 0 fully saturated rings. The Morgan fingerprint density at radius 1 is 1.00 bits per heavy atom. The number of hydrogen-bond acceptors (Lipinski definition) is 5. The minimum atomic E-state index is -0.463. The van der Waals surface area contributed by atoms with Crippen LogP contribution in [-0.4, -0.2) is 36.4 Å². The number of amides is 2. The lowest BCUT2D eigenvalue weighted by Gasteiger charge is -2.09. The van der Waals surface area contributed by atoms with Crippen LogP contribution >= 0.6 is 0 Å². The number of aryl methyl sites for hydroxylation is 1. The monoisotopic (exact) mass is 356 g/mol. The molecule has 0 heterocycles. The average molecular weight is 356 g/mol. The van der Waals surface area contributed by atoms with E-state index in [0.717, 1.165) is 11.3 Å². The summed E-state index contributed by atoms with van der Waals surface area (Å²) in [5.41, 5.74) is 2.13. The van der Waals surface area contributed by atoms with Gasteiger partial charge in [-0.3, -0.25) is 19.7 Å². The maximum atomic E-state index is 12.0. The van der Waals surface area contributed by atoms with Gasteiger partial charge in [0.1, 0.15) is 0 Å². The molecule has 2 rings (SSSR count). The topological polar surface area (TPSA) is 113 Å². The second kappa shape index (κ2) is 9.16. The van der Waals surface area contributed by atoms with Crippen LogP contribution in [0.2, 0.25) is 0 Å². The van der Waals surface area contributed by atoms with Gasteiger partial charge in [0.05, 0.1) is 11.5 Å². The summed E-state index contributed by atoms with van der Waals surface area (Å²) in [6.45, 7) is 2.54. The van der Waals surface area contributed by atoms with Crippen molar-refractivity contribution in [3.8, 4) is 0 Å². The highest BCUT2D eigenvalue weighted by Crippen LogP contribution is 2.14. The van der Waals surface area contributed by atoms with Crippen molar-refractivity contribution >= 4 is 23.2 Å². The second-order valence-electron chi connectivity index (χ2n) is 5.58. The first-order chi connectivity index (χ1) is 12.5. The number of benzene rings is 2. The summed E-state index contributed by atoms with van der Waals surface area (Å²) in [6.07, 6.45) is 0. The summed E-state index contributed by atoms with van der Waals surface area (Å²) in [6, 6.07) is 13.2. The van der Waals surface area contributed by atoms with E-state index in [9.17, 15) is 19.7 Å². The van der Waals surface area contributed by atoms with E-state index >= 15 is 0 Å². The Labute approximate surface area is 150 Å². The maximum Gasteiger partial charge on any atom is 0.269 e. The van der Waals surface area contributed by atoms with Gasteiger partial charge in [0.25, 0.3) is 11.6 Å². The van der Waals surface area contributed by atoms with Crippen LogP contribution < -0.4 is 16.0 Å². The van der Waals surface area contributed by atoms with Crippen molar-refractivity contribution in [2.45, 2.75) is 6.92 Å². The van der Waals surface area contributed by atoms with E-state index in [1.165, 1.54) is 12.1 Å². The summed E-state index contributed by atoms with van der Waals surface area (Å²) in [4.78, 5) is 33.9. The molecular weight excluding hydrogens is 336 g/mol. The van der Waals surface area contributed by atoms with Gasteiger partial charge in [0.2, 0.25) is 5.91 Å². The van der Waals surface area contributed by atoms with Crippen molar-refractivity contribution in [2.75, 3.05) is 25.0 Å². The smallest absolute Gasteiger partial charge is 0.269 e. The third-order valence-electron chi connectivity index (χ3n) is 3.65. The summed E-state index contributed by atoms with van der Waals surface area (Å²) < 4.78 is 0. The lowest BCUT2D eigenvalue weighted by molar-refractivity contribution is -0.384. The zero-order chi connectivity index (χ0) is 18.9. The number of carbonyl (C=O) groups is 2. The normalized spacial score (nSPS) is 10.0. The van der Waals surface area contributed by atoms with Gasteiger partial charge < -0.3 is 16.0 Å². The summed E-state index contributed by atoms with van der Waals surface area (Å²) in [7, 11) is 0. The molecule has 0 unspecified atom stereocenters. The van der Waals surface area contributed by atoms with E-state index in [-0.39, 0.29) is 24.0 Å². The molecule has 0 saturated carbocycles. The van der Waals surface area contributed by atoms with Crippen LogP contribution in [0.25, 0.3) is 0 Å². The predicted molar refractivity (Wildman–Crippen MR) is 98.1 cm³/mol. The molecule has 2 amide bonds. The van der Waals surface area contributed by atoms with Gasteiger partial charge in [-0.2, -0.15) is 0 Å². The molecule has 3 N–H and O–H groups in total. The molecule has 0 radical (unpaired) electrons. The zero-order valence-corrected chi connectivity index (χ0v) is 14.3. The standard InChI is InChI=1S/C18H20N4O4/c1-13-4-2-3-5-16(13)18(24)21-12-17(23)20-11-10-19-14-6-8-15(9-7-14)22(25)26/h2-9,19H,10-12H2,1H3,(H,20,23)(H,21,24). The molecule has 0 aromatic heterocycles. The molecule has 0 atom stereocenters. The van der Waals surface area contributed by atoms with Gasteiger partial charge >= 0.3 is 0 Å². The van der Waals surface area contributed by atoms with Crippen LogP contribution in [0.1, 0.15) is 15.9 Å². The van der Waals surface area contributed by atoms with Crippen LogP contribution in [0.4, 0.5) is 11.4 Å². The number of anilines is 1. The second-order valence-corrected chi connectivity index (χ2v) is 5.58. The molecule has 136 valence electrons. The van der Waals surface area contributed by atoms with E-state index in [0.29, 0.717) is 18.7 Å². The van der Waals surface area contributed by atoms with Gasteiger partial charge in [-0.15, -0.1) is 0 Å². The van der Waals surface area contributed by atoms with Gasteiger partial charge in [-0.1, -0.05) is 18.2 Å². The largest absolute Gasteiger partial charge is 0.383 e. The molecule has 0 aliphatic carbocycles. The number of hydrogen-bond donors (Lipinski definition) is 3. The Kier molecular flexibility index (Phi) is 6.67. The minimum Gasteiger partial charge on any atom is -0.383 e. The first kappa shape index (κ1) is 18.9. The Balaban J connectivity index is 1.66. The Morgan fingerprint density at radius 3 is 2.35 bits per heavy atom. The third kappa shape index (κ3) is 5.59. The molecule has 0 bridgehead atoms. The van der Waals surface area contributed by atoms with Crippen LogP contribution in [0.5, 0.6) is 0 Å². The van der Waals surface area contributed by atoms with Gasteiger partial charge in [-0.25, -0.2) is 0 Å². The molecule has 2 aromatic carbocycles. The minimum absolute atomic E-state index is 0.0215. The number of nitro groups is 1. The van der Waals surface area contributed by atoms with Gasteiger partial charge in [0.15, 0.2) is 0 Å². The first-order valence-corrected chi connectivity index (χ1v) is 8.06. The number of rotatable bonds is 8. The van der Waals surface area contributed by atoms with E-state index in [1.54, 1.807) is 24.3 Å². The zero-order valence-electron chi connectivity index (χ0n) is 14.3. The number of carbonyl (C=O) groups excluding carboxylic acids is 2. The molecule has 2 aromatic rings. The lowest BCUT2D eigenvalue weighted by Crippen LogP contribution is -2.38. The molecule has 26 heavy (non-hydrogen) atoms. The number of nitrogens with zero attached hydrogens (tertiary/aromatic N) is 1. The lowest BCUT2D eigenvalue weighted by atomic mass is 10.1. The molecule has 8 heteroatoms. The average Bonchev–Trinajstić information content (AvgIpc) is 2.64. The summed E-state index contributed by atoms with van der Waals surface area (Å²) >= 11 is 0. The highest BCUT2D eigenvalue weighted by molar-refractivity contribution is 5.97. The first-order valence-electron chi connectivity index (χ1n) is 8.06. The Hall–Kier alpha value is -3.42. The van der Waals surface area contributed by atoms with Crippen LogP contribution in [-0.2, 0) is 4.79 Å².